The topological polar surface area (TPSA) is 50.8 Å². The van der Waals surface area contributed by atoms with Crippen molar-refractivity contribution < 1.29 is 4.74 Å². The van der Waals surface area contributed by atoms with Gasteiger partial charge in [-0.05, 0) is 40.2 Å². The molecule has 0 radical (unpaired) electrons. The quantitative estimate of drug-likeness (QED) is 0.786. The van der Waals surface area contributed by atoms with Gasteiger partial charge in [0.15, 0.2) is 0 Å². The van der Waals surface area contributed by atoms with Gasteiger partial charge in [0.2, 0.25) is 0 Å². The molecule has 6 heteroatoms. The highest BCUT2D eigenvalue weighted by molar-refractivity contribution is 9.10. The van der Waals surface area contributed by atoms with Gasteiger partial charge in [-0.2, -0.15) is 0 Å². The molecule has 0 unspecified atom stereocenters. The Morgan fingerprint density at radius 1 is 1.21 bits per heavy atom. The Morgan fingerprint density at radius 2 is 2.00 bits per heavy atom. The highest BCUT2D eigenvalue weighted by Gasteiger charge is 2.09. The van der Waals surface area contributed by atoms with Gasteiger partial charge in [-0.25, -0.2) is 9.97 Å². The maximum absolute atomic E-state index is 5.83. The second-order valence-corrected chi connectivity index (χ2v) is 5.21. The van der Waals surface area contributed by atoms with E-state index in [9.17, 15) is 0 Å². The van der Waals surface area contributed by atoms with Crippen molar-refractivity contribution in [3.63, 3.8) is 0 Å². The lowest BCUT2D eigenvalue weighted by molar-refractivity contribution is 0.303. The molecule has 0 bridgehead atoms. The minimum Gasteiger partial charge on any atom is -0.487 e. The first kappa shape index (κ1) is 12.4. The third-order valence-electron chi connectivity index (χ3n) is 2.69. The molecule has 3 aromatic rings. The van der Waals surface area contributed by atoms with Crippen LogP contribution < -0.4 is 4.74 Å². The summed E-state index contributed by atoms with van der Waals surface area (Å²) in [5.41, 5.74) is 1.62. The molecule has 2 aromatic heterocycles. The van der Waals surface area contributed by atoms with Crippen molar-refractivity contribution in [2.75, 3.05) is 0 Å². The Balaban J connectivity index is 1.85. The number of hydrogen-bond acceptors (Lipinski definition) is 3. The fourth-order valence-corrected chi connectivity index (χ4v) is 2.44. The standard InChI is InChI=1S/C13H9BrClN3O/c14-10-5-16-13-12(10)11(17-7-18-13)6-19-9-3-1-8(15)2-4-9/h1-5,7H,6H2,(H,16,17,18). The van der Waals surface area contributed by atoms with Crippen LogP contribution in [0.25, 0.3) is 11.0 Å². The first-order valence-corrected chi connectivity index (χ1v) is 6.76. The molecule has 0 aliphatic rings. The summed E-state index contributed by atoms with van der Waals surface area (Å²) < 4.78 is 6.62. The summed E-state index contributed by atoms with van der Waals surface area (Å²) in [7, 11) is 0. The first-order valence-electron chi connectivity index (χ1n) is 5.59. The number of aromatic nitrogens is 3. The molecule has 1 N–H and O–H groups in total. The third kappa shape index (κ3) is 2.57. The van der Waals surface area contributed by atoms with Gasteiger partial charge in [0.1, 0.15) is 24.3 Å². The van der Waals surface area contributed by atoms with Crippen LogP contribution in [0.4, 0.5) is 0 Å². The average Bonchev–Trinajstić information content (AvgIpc) is 2.81. The van der Waals surface area contributed by atoms with Crippen molar-refractivity contribution in [1.29, 1.82) is 0 Å². The largest absolute Gasteiger partial charge is 0.487 e. The minimum absolute atomic E-state index is 0.372. The predicted octanol–water partition coefficient (Wildman–Crippen LogP) is 3.95. The molecule has 1 aromatic carbocycles. The Bertz CT molecular complexity index is 711. The molecular formula is C13H9BrClN3O. The lowest BCUT2D eigenvalue weighted by Crippen LogP contribution is -1.99. The van der Waals surface area contributed by atoms with E-state index in [1.54, 1.807) is 12.1 Å². The zero-order valence-corrected chi connectivity index (χ0v) is 12.1. The van der Waals surface area contributed by atoms with Gasteiger partial charge < -0.3 is 9.72 Å². The van der Waals surface area contributed by atoms with Gasteiger partial charge in [-0.1, -0.05) is 11.6 Å². The zero-order valence-electron chi connectivity index (χ0n) is 9.73. The molecular weight excluding hydrogens is 330 g/mol. The summed E-state index contributed by atoms with van der Waals surface area (Å²) in [6.45, 7) is 0.372. The smallest absolute Gasteiger partial charge is 0.142 e. The van der Waals surface area contributed by atoms with Crippen LogP contribution >= 0.6 is 27.5 Å². The van der Waals surface area contributed by atoms with E-state index in [4.69, 9.17) is 16.3 Å². The Morgan fingerprint density at radius 3 is 2.79 bits per heavy atom. The molecule has 96 valence electrons. The van der Waals surface area contributed by atoms with Crippen molar-refractivity contribution in [2.45, 2.75) is 6.61 Å². The summed E-state index contributed by atoms with van der Waals surface area (Å²) in [4.78, 5) is 11.5. The molecule has 2 heterocycles. The number of nitrogens with one attached hydrogen (secondary N) is 1. The third-order valence-corrected chi connectivity index (χ3v) is 3.57. The molecule has 0 saturated carbocycles. The van der Waals surface area contributed by atoms with Crippen LogP contribution in [-0.2, 0) is 6.61 Å². The van der Waals surface area contributed by atoms with E-state index in [1.807, 2.05) is 18.3 Å². The molecule has 0 spiro atoms. The fraction of sp³-hybridized carbons (Fsp3) is 0.0769. The maximum Gasteiger partial charge on any atom is 0.142 e. The SMILES string of the molecule is Clc1ccc(OCc2ncnc3[nH]cc(Br)c23)cc1. The zero-order chi connectivity index (χ0) is 13.2. The van der Waals surface area contributed by atoms with Crippen LogP contribution in [0.5, 0.6) is 5.75 Å². The summed E-state index contributed by atoms with van der Waals surface area (Å²) in [6, 6.07) is 7.23. The molecule has 3 rings (SSSR count). The van der Waals surface area contributed by atoms with Gasteiger partial charge in [0.05, 0.1) is 11.1 Å². The number of ether oxygens (including phenoxy) is 1. The molecule has 4 nitrogen and oxygen atoms in total. The van der Waals surface area contributed by atoms with Gasteiger partial charge in [-0.3, -0.25) is 0 Å². The lowest BCUT2D eigenvalue weighted by Gasteiger charge is -2.06. The van der Waals surface area contributed by atoms with E-state index in [2.05, 4.69) is 30.9 Å². The van der Waals surface area contributed by atoms with Gasteiger partial charge in [0, 0.05) is 15.7 Å². The molecule has 0 saturated heterocycles. The number of fused-ring (bicyclic) bond motifs is 1. The molecule has 0 aliphatic heterocycles. The maximum atomic E-state index is 5.83. The van der Waals surface area contributed by atoms with Crippen molar-refractivity contribution in [3.05, 3.63) is 52.0 Å². The molecule has 0 aliphatic carbocycles. The number of rotatable bonds is 3. The number of H-pyrrole nitrogens is 1. The van der Waals surface area contributed by atoms with Gasteiger partial charge >= 0.3 is 0 Å². The van der Waals surface area contributed by atoms with Crippen LogP contribution in [0.3, 0.4) is 0 Å². The number of aromatic amines is 1. The summed E-state index contributed by atoms with van der Waals surface area (Å²) in [5.74, 6) is 0.753. The molecule has 0 fully saturated rings. The Kier molecular flexibility index (Phi) is 3.40. The van der Waals surface area contributed by atoms with Gasteiger partial charge in [-0.15, -0.1) is 0 Å². The van der Waals surface area contributed by atoms with Crippen LogP contribution in [0.2, 0.25) is 5.02 Å². The molecule has 0 amide bonds. The highest BCUT2D eigenvalue weighted by Crippen LogP contribution is 2.25. The van der Waals surface area contributed by atoms with Crippen molar-refractivity contribution in [1.82, 2.24) is 15.0 Å². The van der Waals surface area contributed by atoms with E-state index in [0.29, 0.717) is 11.6 Å². The second kappa shape index (κ2) is 5.19. The summed E-state index contributed by atoms with van der Waals surface area (Å²) in [5, 5.41) is 1.63. The summed E-state index contributed by atoms with van der Waals surface area (Å²) in [6.07, 6.45) is 3.36. The minimum atomic E-state index is 0.372. The van der Waals surface area contributed by atoms with Crippen LogP contribution in [0, 0.1) is 0 Å². The average molecular weight is 339 g/mol. The highest BCUT2D eigenvalue weighted by atomic mass is 79.9. The molecule has 0 atom stereocenters. The van der Waals surface area contributed by atoms with Crippen molar-refractivity contribution in [3.8, 4) is 5.75 Å². The monoisotopic (exact) mass is 337 g/mol. The fourth-order valence-electron chi connectivity index (χ4n) is 1.78. The van der Waals surface area contributed by atoms with Crippen LogP contribution in [0.15, 0.2) is 41.3 Å². The van der Waals surface area contributed by atoms with Gasteiger partial charge in [0.25, 0.3) is 0 Å². The Hall–Kier alpha value is -1.59. The summed E-state index contributed by atoms with van der Waals surface area (Å²) >= 11 is 9.30. The Labute approximate surface area is 122 Å². The molecule has 19 heavy (non-hydrogen) atoms. The van der Waals surface area contributed by atoms with Crippen LogP contribution in [0.1, 0.15) is 5.69 Å². The van der Waals surface area contributed by atoms with E-state index in [1.165, 1.54) is 6.33 Å². The second-order valence-electron chi connectivity index (χ2n) is 3.92. The van der Waals surface area contributed by atoms with E-state index in [-0.39, 0.29) is 0 Å². The van der Waals surface area contributed by atoms with Crippen molar-refractivity contribution >= 4 is 38.6 Å². The number of hydrogen-bond donors (Lipinski definition) is 1. The number of nitrogens with zero attached hydrogens (tertiary/aromatic N) is 2. The lowest BCUT2D eigenvalue weighted by atomic mass is 10.3. The first-order chi connectivity index (χ1) is 9.24. The van der Waals surface area contributed by atoms with E-state index < -0.39 is 0 Å². The van der Waals surface area contributed by atoms with Crippen molar-refractivity contribution in [2.24, 2.45) is 0 Å². The predicted molar refractivity (Wildman–Crippen MR) is 77.4 cm³/mol. The number of benzene rings is 1. The normalized spacial score (nSPS) is 10.8. The van der Waals surface area contributed by atoms with Crippen LogP contribution in [-0.4, -0.2) is 15.0 Å². The van der Waals surface area contributed by atoms with E-state index in [0.717, 1.165) is 26.9 Å². The number of halogens is 2. The van der Waals surface area contributed by atoms with E-state index >= 15 is 0 Å².